The molecule has 0 radical (unpaired) electrons. The summed E-state index contributed by atoms with van der Waals surface area (Å²) in [6, 6.07) is 12.3. The van der Waals surface area contributed by atoms with Crippen molar-refractivity contribution >= 4 is 49.4 Å². The Kier molecular flexibility index (Phi) is 4.55. The Balaban J connectivity index is 1.47. The van der Waals surface area contributed by atoms with Crippen molar-refractivity contribution in [3.8, 4) is 0 Å². The van der Waals surface area contributed by atoms with Gasteiger partial charge < -0.3 is 10.6 Å². The Morgan fingerprint density at radius 2 is 2.07 bits per heavy atom. The van der Waals surface area contributed by atoms with Gasteiger partial charge in [0.05, 0.1) is 21.9 Å². The second kappa shape index (κ2) is 7.16. The summed E-state index contributed by atoms with van der Waals surface area (Å²) in [6.07, 6.45) is 2.12. The van der Waals surface area contributed by atoms with E-state index < -0.39 is 6.04 Å². The molecule has 0 saturated heterocycles. The van der Waals surface area contributed by atoms with E-state index in [4.69, 9.17) is 0 Å². The van der Waals surface area contributed by atoms with Gasteiger partial charge in [0, 0.05) is 10.9 Å². The van der Waals surface area contributed by atoms with E-state index in [9.17, 15) is 9.59 Å². The van der Waals surface area contributed by atoms with Crippen LogP contribution in [0.15, 0.2) is 48.7 Å². The van der Waals surface area contributed by atoms with Crippen LogP contribution in [0.5, 0.6) is 0 Å². The number of amides is 2. The highest BCUT2D eigenvalue weighted by Gasteiger charge is 2.21. The topological polar surface area (TPSA) is 99.8 Å². The molecule has 0 aliphatic carbocycles. The highest BCUT2D eigenvalue weighted by atomic mass is 32.1. The normalized spacial score (nSPS) is 12.2. The minimum atomic E-state index is -0.649. The van der Waals surface area contributed by atoms with Crippen molar-refractivity contribution < 1.29 is 9.59 Å². The number of carbonyl (C=O) groups excluding carboxylic acids is 2. The molecule has 7 nitrogen and oxygen atoms in total. The van der Waals surface area contributed by atoms with Crippen molar-refractivity contribution in [2.45, 2.75) is 19.4 Å². The largest absolute Gasteiger partial charge is 0.340 e. The van der Waals surface area contributed by atoms with Gasteiger partial charge in [-0.25, -0.2) is 4.98 Å². The molecule has 2 amide bonds. The molecule has 0 fully saturated rings. The summed E-state index contributed by atoms with van der Waals surface area (Å²) >= 11 is 1.40. The lowest BCUT2D eigenvalue weighted by atomic mass is 10.1. The second-order valence-corrected chi connectivity index (χ2v) is 7.11. The Bertz CT molecular complexity index is 1100. The van der Waals surface area contributed by atoms with Crippen molar-refractivity contribution in [1.82, 2.24) is 20.5 Å². The predicted octanol–water partition coefficient (Wildman–Crippen LogP) is 3.32. The summed E-state index contributed by atoms with van der Waals surface area (Å²) in [5, 5.41) is 13.7. The van der Waals surface area contributed by atoms with Crippen LogP contribution in [0, 0.1) is 0 Å². The molecule has 0 saturated carbocycles. The second-order valence-electron chi connectivity index (χ2n) is 6.08. The predicted molar refractivity (Wildman–Crippen MR) is 106 cm³/mol. The zero-order valence-corrected chi connectivity index (χ0v) is 15.3. The number of carbonyl (C=O) groups is 2. The molecule has 1 unspecified atom stereocenters. The Labute approximate surface area is 158 Å². The number of H-pyrrole nitrogens is 1. The van der Waals surface area contributed by atoms with E-state index in [1.165, 1.54) is 11.3 Å². The van der Waals surface area contributed by atoms with Crippen LogP contribution in [-0.4, -0.2) is 33.0 Å². The van der Waals surface area contributed by atoms with E-state index in [1.54, 1.807) is 24.4 Å². The fourth-order valence-corrected chi connectivity index (χ4v) is 3.67. The lowest BCUT2D eigenvalue weighted by Crippen LogP contribution is -2.43. The van der Waals surface area contributed by atoms with Crippen LogP contribution in [0.25, 0.3) is 21.1 Å². The molecular weight excluding hydrogens is 362 g/mol. The molecule has 4 rings (SSSR count). The summed E-state index contributed by atoms with van der Waals surface area (Å²) in [5.41, 5.74) is 2.17. The summed E-state index contributed by atoms with van der Waals surface area (Å²) in [4.78, 5) is 29.5. The Morgan fingerprint density at radius 1 is 1.22 bits per heavy atom. The first-order valence-electron chi connectivity index (χ1n) is 8.54. The van der Waals surface area contributed by atoms with Gasteiger partial charge in [-0.05, 0) is 36.8 Å². The molecule has 27 heavy (non-hydrogen) atoms. The number of nitrogens with one attached hydrogen (secondary N) is 3. The first-order valence-corrected chi connectivity index (χ1v) is 9.36. The number of nitrogens with zero attached hydrogens (tertiary/aromatic N) is 2. The lowest BCUT2D eigenvalue weighted by Gasteiger charge is -2.16. The molecule has 1 atom stereocenters. The molecule has 8 heteroatoms. The van der Waals surface area contributed by atoms with Gasteiger partial charge in [0.25, 0.3) is 5.91 Å². The maximum atomic E-state index is 12.6. The fraction of sp³-hybridized carbons (Fsp3) is 0.158. The number of rotatable bonds is 5. The van der Waals surface area contributed by atoms with Gasteiger partial charge in [0.15, 0.2) is 5.13 Å². The molecule has 2 heterocycles. The number of hydrogen-bond acceptors (Lipinski definition) is 5. The van der Waals surface area contributed by atoms with Gasteiger partial charge >= 0.3 is 0 Å². The fourth-order valence-electron chi connectivity index (χ4n) is 2.80. The van der Waals surface area contributed by atoms with Gasteiger partial charge in [0.1, 0.15) is 6.04 Å². The molecule has 0 aliphatic heterocycles. The van der Waals surface area contributed by atoms with E-state index in [0.717, 1.165) is 21.1 Å². The quantitative estimate of drug-likeness (QED) is 0.495. The van der Waals surface area contributed by atoms with Gasteiger partial charge in [0.2, 0.25) is 5.91 Å². The van der Waals surface area contributed by atoms with Crippen molar-refractivity contribution in [3.05, 3.63) is 54.2 Å². The molecule has 3 N–H and O–H groups in total. The molecular formula is C19H17N5O2S. The Hall–Kier alpha value is -3.26. The summed E-state index contributed by atoms with van der Waals surface area (Å²) in [7, 11) is 0. The minimum absolute atomic E-state index is 0.283. The van der Waals surface area contributed by atoms with Crippen LogP contribution in [0.2, 0.25) is 0 Å². The lowest BCUT2D eigenvalue weighted by molar-refractivity contribution is -0.118. The van der Waals surface area contributed by atoms with Crippen molar-refractivity contribution in [2.75, 3.05) is 5.32 Å². The van der Waals surface area contributed by atoms with E-state index in [-0.39, 0.29) is 11.8 Å². The summed E-state index contributed by atoms with van der Waals surface area (Å²) in [5.74, 6) is -0.585. The minimum Gasteiger partial charge on any atom is -0.340 e. The van der Waals surface area contributed by atoms with E-state index in [2.05, 4.69) is 25.8 Å². The number of aromatic amines is 1. The number of benzene rings is 2. The Morgan fingerprint density at radius 3 is 2.89 bits per heavy atom. The van der Waals surface area contributed by atoms with E-state index in [1.807, 2.05) is 31.2 Å². The van der Waals surface area contributed by atoms with Crippen LogP contribution in [0.1, 0.15) is 23.7 Å². The van der Waals surface area contributed by atoms with Crippen LogP contribution < -0.4 is 10.6 Å². The maximum Gasteiger partial charge on any atom is 0.251 e. The number of para-hydroxylation sites is 1. The summed E-state index contributed by atoms with van der Waals surface area (Å²) < 4.78 is 0.998. The number of aromatic nitrogens is 3. The van der Waals surface area contributed by atoms with E-state index >= 15 is 0 Å². The van der Waals surface area contributed by atoms with Crippen LogP contribution in [-0.2, 0) is 4.79 Å². The number of anilines is 1. The SMILES string of the molecule is CCC(NC(=O)c1ccc2[nH]ncc2c1)C(=O)Nc1nc2ccccc2s1. The molecule has 0 aliphatic rings. The molecule has 4 aromatic rings. The first kappa shape index (κ1) is 17.2. The number of hydrogen-bond donors (Lipinski definition) is 3. The zero-order valence-electron chi connectivity index (χ0n) is 14.5. The van der Waals surface area contributed by atoms with Crippen LogP contribution >= 0.6 is 11.3 Å². The van der Waals surface area contributed by atoms with Crippen molar-refractivity contribution in [3.63, 3.8) is 0 Å². The highest BCUT2D eigenvalue weighted by Crippen LogP contribution is 2.25. The van der Waals surface area contributed by atoms with Gasteiger partial charge in [-0.2, -0.15) is 5.10 Å². The van der Waals surface area contributed by atoms with Gasteiger partial charge in [-0.1, -0.05) is 30.4 Å². The van der Waals surface area contributed by atoms with Gasteiger partial charge in [-0.15, -0.1) is 0 Å². The summed E-state index contributed by atoms with van der Waals surface area (Å²) in [6.45, 7) is 1.85. The average Bonchev–Trinajstić information content (AvgIpc) is 3.30. The monoisotopic (exact) mass is 379 g/mol. The molecule has 0 bridgehead atoms. The molecule has 2 aromatic carbocycles. The average molecular weight is 379 g/mol. The third-order valence-electron chi connectivity index (χ3n) is 4.26. The highest BCUT2D eigenvalue weighted by molar-refractivity contribution is 7.22. The van der Waals surface area contributed by atoms with Crippen LogP contribution in [0.4, 0.5) is 5.13 Å². The number of fused-ring (bicyclic) bond motifs is 2. The third kappa shape index (κ3) is 3.52. The van der Waals surface area contributed by atoms with Crippen molar-refractivity contribution in [2.24, 2.45) is 0 Å². The third-order valence-corrected chi connectivity index (χ3v) is 5.21. The van der Waals surface area contributed by atoms with Crippen molar-refractivity contribution in [1.29, 1.82) is 0 Å². The molecule has 136 valence electrons. The van der Waals surface area contributed by atoms with Gasteiger partial charge in [-0.3, -0.25) is 14.7 Å². The zero-order chi connectivity index (χ0) is 18.8. The molecule has 2 aromatic heterocycles. The smallest absolute Gasteiger partial charge is 0.251 e. The number of thiazole rings is 1. The van der Waals surface area contributed by atoms with E-state index in [0.29, 0.717) is 17.1 Å². The molecule has 0 spiro atoms. The standard InChI is InChI=1S/C19H17N5O2S/c1-2-13(18(26)23-19-22-15-5-3-4-6-16(15)27-19)21-17(25)11-7-8-14-12(9-11)10-20-24-14/h3-10,13H,2H2,1H3,(H,20,24)(H,21,25)(H,22,23,26). The first-order chi connectivity index (χ1) is 13.1. The maximum absolute atomic E-state index is 12.6. The van der Waals surface area contributed by atoms with Crippen LogP contribution in [0.3, 0.4) is 0 Å².